The summed E-state index contributed by atoms with van der Waals surface area (Å²) in [5.74, 6) is -4.03. The number of amides is 1. The number of anilines is 1. The van der Waals surface area contributed by atoms with Crippen LogP contribution in [0.3, 0.4) is 0 Å². The zero-order chi connectivity index (χ0) is 27.7. The number of carbonyl (C=O) groups excluding carboxylic acids is 1. The van der Waals surface area contributed by atoms with Gasteiger partial charge in [0.25, 0.3) is 5.91 Å². The molecule has 0 unspecified atom stereocenters. The van der Waals surface area contributed by atoms with Gasteiger partial charge in [-0.15, -0.1) is 0 Å². The molecule has 0 radical (unpaired) electrons. The molecule has 204 valence electrons. The second-order valence-electron chi connectivity index (χ2n) is 8.30. The van der Waals surface area contributed by atoms with Gasteiger partial charge in [-0.3, -0.25) is 4.79 Å². The minimum absolute atomic E-state index is 0.0270. The fourth-order valence-corrected chi connectivity index (χ4v) is 2.79. The fourth-order valence-electron chi connectivity index (χ4n) is 2.79. The van der Waals surface area contributed by atoms with Crippen molar-refractivity contribution < 1.29 is 50.9 Å². The molecule has 0 aromatic carbocycles. The van der Waals surface area contributed by atoms with Crippen molar-refractivity contribution in [1.29, 1.82) is 0 Å². The molecule has 2 heterocycles. The molecule has 15 heteroatoms. The molecule has 0 spiro atoms. The number of aromatic nitrogens is 1. The maximum Gasteiger partial charge on any atom is 0.490 e. The quantitative estimate of drug-likeness (QED) is 0.366. The van der Waals surface area contributed by atoms with Gasteiger partial charge in [0.2, 0.25) is 0 Å². The summed E-state index contributed by atoms with van der Waals surface area (Å²) in [5.41, 5.74) is 3.02. The van der Waals surface area contributed by atoms with Gasteiger partial charge in [0.05, 0.1) is 5.56 Å². The lowest BCUT2D eigenvalue weighted by molar-refractivity contribution is -0.193. The van der Waals surface area contributed by atoms with E-state index in [9.17, 15) is 31.1 Å². The van der Waals surface area contributed by atoms with Gasteiger partial charge in [0, 0.05) is 31.2 Å². The first-order valence-corrected chi connectivity index (χ1v) is 10.9. The Hall–Kier alpha value is -3.10. The van der Waals surface area contributed by atoms with Crippen LogP contribution in [0.5, 0.6) is 0 Å². The van der Waals surface area contributed by atoms with Crippen molar-refractivity contribution in [2.24, 2.45) is 5.92 Å². The van der Waals surface area contributed by atoms with Gasteiger partial charge in [-0.2, -0.15) is 26.3 Å². The number of halogens is 6. The van der Waals surface area contributed by atoms with Gasteiger partial charge >= 0.3 is 24.3 Å². The summed E-state index contributed by atoms with van der Waals surface area (Å²) >= 11 is 0. The van der Waals surface area contributed by atoms with Crippen molar-refractivity contribution in [2.45, 2.75) is 57.9 Å². The summed E-state index contributed by atoms with van der Waals surface area (Å²) in [6, 6.07) is 2.17. The number of nitrogens with one attached hydrogen (secondary N) is 3. The summed E-state index contributed by atoms with van der Waals surface area (Å²) in [7, 11) is 0. The fraction of sp³-hybridized carbons (Fsp3) is 0.619. The maximum absolute atomic E-state index is 12.5. The number of aliphatic carboxylic acids is 2. The maximum atomic E-state index is 12.5. The van der Waals surface area contributed by atoms with E-state index in [0.717, 1.165) is 49.9 Å². The van der Waals surface area contributed by atoms with Crippen LogP contribution in [-0.2, 0) is 22.4 Å². The van der Waals surface area contributed by atoms with Crippen molar-refractivity contribution >= 4 is 23.7 Å². The molecular formula is C21H28F6N4O5. The van der Waals surface area contributed by atoms with E-state index < -0.39 is 24.3 Å². The van der Waals surface area contributed by atoms with E-state index in [1.54, 1.807) is 0 Å². The Bertz CT molecular complexity index is 893. The number of alkyl halides is 6. The van der Waals surface area contributed by atoms with Crippen molar-refractivity contribution in [3.63, 3.8) is 0 Å². The van der Waals surface area contributed by atoms with Crippen LogP contribution >= 0.6 is 0 Å². The summed E-state index contributed by atoms with van der Waals surface area (Å²) < 4.78 is 63.5. The standard InChI is InChI=1S/C17H26N4O.2C2HF3O2/c1-11(2)20-17(22)14-9-13-5-7-18-8-6-15(13)21-16(14)19-10-12-3-4-12;2*3-2(4,5)1(6)7/h9,11-12,18H,3-8,10H2,1-2H3,(H,19,21)(H,20,22);2*(H,6,7). The molecule has 1 aliphatic carbocycles. The number of carboxylic acids is 2. The molecule has 9 nitrogen and oxygen atoms in total. The average Bonchev–Trinajstić information content (AvgIpc) is 3.57. The van der Waals surface area contributed by atoms with E-state index in [1.807, 2.05) is 19.9 Å². The SMILES string of the molecule is CC(C)NC(=O)c1cc2c(nc1NCC1CC1)CCNCC2.O=C(O)C(F)(F)F.O=C(O)C(F)(F)F. The molecule has 2 aliphatic rings. The second kappa shape index (κ2) is 13.3. The normalized spacial score (nSPS) is 15.2. The highest BCUT2D eigenvalue weighted by atomic mass is 19.4. The molecule has 1 aromatic rings. The topological polar surface area (TPSA) is 141 Å². The molecule has 1 saturated carbocycles. The third-order valence-corrected chi connectivity index (χ3v) is 4.71. The Balaban J connectivity index is 0.000000383. The first kappa shape index (κ1) is 30.9. The lowest BCUT2D eigenvalue weighted by atomic mass is 10.0. The third kappa shape index (κ3) is 11.6. The van der Waals surface area contributed by atoms with Crippen LogP contribution in [0.2, 0.25) is 0 Å². The van der Waals surface area contributed by atoms with Crippen molar-refractivity contribution in [2.75, 3.05) is 25.0 Å². The highest BCUT2D eigenvalue weighted by Crippen LogP contribution is 2.29. The molecule has 0 bridgehead atoms. The van der Waals surface area contributed by atoms with Crippen LogP contribution in [-0.4, -0.2) is 71.1 Å². The lowest BCUT2D eigenvalue weighted by Crippen LogP contribution is -2.31. The summed E-state index contributed by atoms with van der Waals surface area (Å²) in [6.07, 6.45) is -5.72. The summed E-state index contributed by atoms with van der Waals surface area (Å²) in [6.45, 7) is 6.80. The number of nitrogens with zero attached hydrogens (tertiary/aromatic N) is 1. The predicted molar refractivity (Wildman–Crippen MR) is 116 cm³/mol. The number of pyridine rings is 1. The minimum Gasteiger partial charge on any atom is -0.475 e. The molecular weight excluding hydrogens is 502 g/mol. The molecule has 1 aromatic heterocycles. The summed E-state index contributed by atoms with van der Waals surface area (Å²) in [4.78, 5) is 35.1. The smallest absolute Gasteiger partial charge is 0.475 e. The summed E-state index contributed by atoms with van der Waals surface area (Å²) in [5, 5.41) is 24.0. The Kier molecular flexibility index (Phi) is 11.4. The van der Waals surface area contributed by atoms with Crippen molar-refractivity contribution in [3.05, 3.63) is 22.9 Å². The van der Waals surface area contributed by atoms with Gasteiger partial charge in [0.1, 0.15) is 5.82 Å². The van der Waals surface area contributed by atoms with Crippen molar-refractivity contribution in [1.82, 2.24) is 15.6 Å². The van der Waals surface area contributed by atoms with E-state index in [4.69, 9.17) is 24.8 Å². The van der Waals surface area contributed by atoms with Gasteiger partial charge in [-0.25, -0.2) is 14.6 Å². The minimum atomic E-state index is -5.08. The van der Waals surface area contributed by atoms with Gasteiger partial charge < -0.3 is 26.2 Å². The third-order valence-electron chi connectivity index (χ3n) is 4.71. The van der Waals surface area contributed by atoms with Crippen LogP contribution in [0.1, 0.15) is 48.3 Å². The zero-order valence-corrected chi connectivity index (χ0v) is 19.5. The van der Waals surface area contributed by atoms with E-state index in [2.05, 4.69) is 16.0 Å². The molecule has 3 rings (SSSR count). The monoisotopic (exact) mass is 530 g/mol. The molecule has 0 atom stereocenters. The molecule has 1 fully saturated rings. The first-order chi connectivity index (χ1) is 16.5. The molecule has 1 aliphatic heterocycles. The number of rotatable bonds is 5. The number of fused-ring (bicyclic) bond motifs is 1. The van der Waals surface area contributed by atoms with Crippen molar-refractivity contribution in [3.8, 4) is 0 Å². The van der Waals surface area contributed by atoms with E-state index in [-0.39, 0.29) is 11.9 Å². The van der Waals surface area contributed by atoms with E-state index in [0.29, 0.717) is 5.56 Å². The van der Waals surface area contributed by atoms with Crippen LogP contribution in [0.15, 0.2) is 6.07 Å². The highest BCUT2D eigenvalue weighted by Gasteiger charge is 2.38. The molecule has 36 heavy (non-hydrogen) atoms. The molecule has 5 N–H and O–H groups in total. The van der Waals surface area contributed by atoms with Crippen LogP contribution in [0.4, 0.5) is 32.2 Å². The first-order valence-electron chi connectivity index (χ1n) is 10.9. The Labute approximate surface area is 202 Å². The Morgan fingerprint density at radius 3 is 1.97 bits per heavy atom. The zero-order valence-electron chi connectivity index (χ0n) is 19.5. The molecule has 0 saturated heterocycles. The lowest BCUT2D eigenvalue weighted by Gasteiger charge is -2.16. The van der Waals surface area contributed by atoms with Crippen LogP contribution < -0.4 is 16.0 Å². The second-order valence-corrected chi connectivity index (χ2v) is 8.30. The largest absolute Gasteiger partial charge is 0.490 e. The number of carboxylic acid groups (broad SMARTS) is 2. The Morgan fingerprint density at radius 2 is 1.53 bits per heavy atom. The number of hydrogen-bond acceptors (Lipinski definition) is 6. The van der Waals surface area contributed by atoms with Gasteiger partial charge in [0.15, 0.2) is 0 Å². The van der Waals surface area contributed by atoms with E-state index in [1.165, 1.54) is 18.4 Å². The average molecular weight is 530 g/mol. The highest BCUT2D eigenvalue weighted by molar-refractivity contribution is 5.99. The van der Waals surface area contributed by atoms with Gasteiger partial charge in [-0.05, 0) is 57.2 Å². The Morgan fingerprint density at radius 1 is 1.03 bits per heavy atom. The predicted octanol–water partition coefficient (Wildman–Crippen LogP) is 3.00. The van der Waals surface area contributed by atoms with Crippen LogP contribution in [0.25, 0.3) is 0 Å². The number of hydrogen-bond donors (Lipinski definition) is 5. The molecule has 1 amide bonds. The van der Waals surface area contributed by atoms with E-state index >= 15 is 0 Å². The van der Waals surface area contributed by atoms with Gasteiger partial charge in [-0.1, -0.05) is 0 Å². The van der Waals surface area contributed by atoms with Crippen LogP contribution in [0, 0.1) is 5.92 Å². The number of carbonyl (C=O) groups is 3.